The molecule has 0 aromatic heterocycles. The summed E-state index contributed by atoms with van der Waals surface area (Å²) in [7, 11) is 1.54. The highest BCUT2D eigenvalue weighted by atomic mass is 35.5. The molecular formula is C15H19ClN2O3. The molecule has 1 aromatic carbocycles. The first-order valence-electron chi connectivity index (χ1n) is 6.88. The number of nitrogens with zero attached hydrogens (tertiary/aromatic N) is 1. The van der Waals surface area contributed by atoms with Crippen molar-refractivity contribution in [2.75, 3.05) is 18.6 Å². The number of halogens is 1. The maximum Gasteiger partial charge on any atom is 0.249 e. The van der Waals surface area contributed by atoms with Crippen molar-refractivity contribution in [3.8, 4) is 5.75 Å². The van der Waals surface area contributed by atoms with Gasteiger partial charge in [-0.2, -0.15) is 0 Å². The first kappa shape index (κ1) is 15.6. The highest BCUT2D eigenvalue weighted by Gasteiger charge is 2.33. The van der Waals surface area contributed by atoms with E-state index in [0.717, 1.165) is 0 Å². The van der Waals surface area contributed by atoms with Crippen LogP contribution < -0.4 is 15.0 Å². The van der Waals surface area contributed by atoms with Crippen LogP contribution in [0.15, 0.2) is 18.2 Å². The van der Waals surface area contributed by atoms with E-state index in [1.165, 1.54) is 0 Å². The maximum atomic E-state index is 12.7. The minimum Gasteiger partial charge on any atom is -0.495 e. The van der Waals surface area contributed by atoms with Gasteiger partial charge in [0.05, 0.1) is 12.8 Å². The lowest BCUT2D eigenvalue weighted by atomic mass is 10.0. The number of methoxy groups -OCH3 is 1. The number of rotatable bonds is 3. The molecule has 0 spiro atoms. The number of anilines is 1. The van der Waals surface area contributed by atoms with Crippen LogP contribution in [0.1, 0.15) is 20.3 Å². The lowest BCUT2D eigenvalue weighted by Crippen LogP contribution is -2.47. The first-order chi connectivity index (χ1) is 9.93. The van der Waals surface area contributed by atoms with Crippen molar-refractivity contribution in [2.24, 2.45) is 5.92 Å². The molecule has 1 aliphatic rings. The summed E-state index contributed by atoms with van der Waals surface area (Å²) >= 11 is 6.03. The van der Waals surface area contributed by atoms with E-state index in [1.807, 2.05) is 13.8 Å². The summed E-state index contributed by atoms with van der Waals surface area (Å²) in [6, 6.07) is 4.57. The summed E-state index contributed by atoms with van der Waals surface area (Å²) < 4.78 is 5.31. The number of benzene rings is 1. The van der Waals surface area contributed by atoms with Gasteiger partial charge in [0.1, 0.15) is 11.8 Å². The molecule has 0 aliphatic carbocycles. The average molecular weight is 311 g/mol. The highest BCUT2D eigenvalue weighted by Crippen LogP contribution is 2.32. The minimum absolute atomic E-state index is 0.00669. The van der Waals surface area contributed by atoms with Crippen molar-refractivity contribution in [3.63, 3.8) is 0 Å². The van der Waals surface area contributed by atoms with Crippen molar-refractivity contribution in [1.29, 1.82) is 0 Å². The van der Waals surface area contributed by atoms with Gasteiger partial charge in [-0.3, -0.25) is 9.59 Å². The smallest absolute Gasteiger partial charge is 0.249 e. The molecule has 21 heavy (non-hydrogen) atoms. The zero-order valence-corrected chi connectivity index (χ0v) is 13.1. The van der Waals surface area contributed by atoms with Gasteiger partial charge in [0.15, 0.2) is 0 Å². The largest absolute Gasteiger partial charge is 0.495 e. The quantitative estimate of drug-likeness (QED) is 0.931. The van der Waals surface area contributed by atoms with Crippen LogP contribution in [0, 0.1) is 5.92 Å². The number of amides is 2. The minimum atomic E-state index is -0.538. The van der Waals surface area contributed by atoms with Gasteiger partial charge >= 0.3 is 0 Å². The van der Waals surface area contributed by atoms with E-state index in [9.17, 15) is 9.59 Å². The Hall–Kier alpha value is -1.75. The van der Waals surface area contributed by atoms with Crippen LogP contribution in [0.3, 0.4) is 0 Å². The van der Waals surface area contributed by atoms with Gasteiger partial charge in [-0.1, -0.05) is 25.4 Å². The summed E-state index contributed by atoms with van der Waals surface area (Å²) in [6.07, 6.45) is 0.255. The van der Waals surface area contributed by atoms with E-state index in [2.05, 4.69) is 5.32 Å². The molecule has 1 atom stereocenters. The molecule has 2 amide bonds. The van der Waals surface area contributed by atoms with Crippen LogP contribution in [0.2, 0.25) is 5.02 Å². The Bertz CT molecular complexity index is 560. The Labute approximate surface area is 129 Å². The molecule has 1 N–H and O–H groups in total. The summed E-state index contributed by atoms with van der Waals surface area (Å²) in [4.78, 5) is 26.1. The molecule has 0 saturated carbocycles. The SMILES string of the molecule is COc1ccc(Cl)cc1N1CCC(=O)NC(C(C)C)C1=O. The number of nitrogens with one attached hydrogen (secondary N) is 1. The highest BCUT2D eigenvalue weighted by molar-refractivity contribution is 6.31. The Kier molecular flexibility index (Phi) is 4.73. The Morgan fingerprint density at radius 2 is 2.10 bits per heavy atom. The monoisotopic (exact) mass is 310 g/mol. The number of carbonyl (C=O) groups is 2. The molecule has 1 aromatic rings. The maximum absolute atomic E-state index is 12.7. The molecule has 5 nitrogen and oxygen atoms in total. The molecule has 2 rings (SSSR count). The third kappa shape index (κ3) is 3.29. The molecule has 1 unspecified atom stereocenters. The summed E-state index contributed by atoms with van der Waals surface area (Å²) in [5.41, 5.74) is 0.595. The van der Waals surface area contributed by atoms with Crippen LogP contribution in [-0.4, -0.2) is 31.5 Å². The van der Waals surface area contributed by atoms with Gasteiger partial charge in [-0.15, -0.1) is 0 Å². The van der Waals surface area contributed by atoms with Crippen LogP contribution in [0.4, 0.5) is 5.69 Å². The van der Waals surface area contributed by atoms with Crippen molar-refractivity contribution in [2.45, 2.75) is 26.3 Å². The third-order valence-corrected chi connectivity index (χ3v) is 3.74. The molecule has 6 heteroatoms. The van der Waals surface area contributed by atoms with Crippen LogP contribution in [-0.2, 0) is 9.59 Å². The lowest BCUT2D eigenvalue weighted by molar-refractivity contribution is -0.126. The summed E-state index contributed by atoms with van der Waals surface area (Å²) in [5.74, 6) is 0.304. The molecule has 0 bridgehead atoms. The van der Waals surface area contributed by atoms with Gasteiger partial charge in [0, 0.05) is 18.0 Å². The topological polar surface area (TPSA) is 58.6 Å². The van der Waals surface area contributed by atoms with Gasteiger partial charge in [0.25, 0.3) is 0 Å². The predicted octanol–water partition coefficient (Wildman–Crippen LogP) is 2.23. The second-order valence-electron chi connectivity index (χ2n) is 5.35. The molecule has 1 fully saturated rings. The van der Waals surface area contributed by atoms with E-state index in [0.29, 0.717) is 23.0 Å². The van der Waals surface area contributed by atoms with Crippen molar-refractivity contribution >= 4 is 29.1 Å². The van der Waals surface area contributed by atoms with Gasteiger partial charge in [-0.05, 0) is 24.1 Å². The van der Waals surface area contributed by atoms with E-state index in [1.54, 1.807) is 30.2 Å². The molecule has 114 valence electrons. The van der Waals surface area contributed by atoms with Gasteiger partial charge < -0.3 is 15.0 Å². The molecular weight excluding hydrogens is 292 g/mol. The Balaban J connectivity index is 2.43. The molecule has 1 saturated heterocycles. The van der Waals surface area contributed by atoms with E-state index in [4.69, 9.17) is 16.3 Å². The van der Waals surface area contributed by atoms with Crippen molar-refractivity contribution < 1.29 is 14.3 Å². The second kappa shape index (κ2) is 6.35. The fraction of sp³-hybridized carbons (Fsp3) is 0.467. The van der Waals surface area contributed by atoms with Gasteiger partial charge in [-0.25, -0.2) is 0 Å². The lowest BCUT2D eigenvalue weighted by Gasteiger charge is -2.27. The fourth-order valence-electron chi connectivity index (χ4n) is 2.36. The third-order valence-electron chi connectivity index (χ3n) is 3.51. The van der Waals surface area contributed by atoms with Gasteiger partial charge in [0.2, 0.25) is 11.8 Å². The Morgan fingerprint density at radius 3 is 2.71 bits per heavy atom. The van der Waals surface area contributed by atoms with Crippen molar-refractivity contribution in [3.05, 3.63) is 23.2 Å². The first-order valence-corrected chi connectivity index (χ1v) is 7.26. The van der Waals surface area contributed by atoms with Crippen LogP contribution >= 0.6 is 11.6 Å². The summed E-state index contributed by atoms with van der Waals surface area (Å²) in [6.45, 7) is 4.12. The zero-order valence-electron chi connectivity index (χ0n) is 12.4. The standard InChI is InChI=1S/C15H19ClN2O3/c1-9(2)14-15(20)18(7-6-13(19)17-14)11-8-10(16)4-5-12(11)21-3/h4-5,8-9,14H,6-7H2,1-3H3,(H,17,19). The molecule has 0 radical (unpaired) electrons. The normalized spacial score (nSPS) is 19.5. The zero-order chi connectivity index (χ0) is 15.6. The number of hydrogen-bond acceptors (Lipinski definition) is 3. The predicted molar refractivity (Wildman–Crippen MR) is 81.7 cm³/mol. The summed E-state index contributed by atoms with van der Waals surface area (Å²) in [5, 5.41) is 3.29. The van der Waals surface area contributed by atoms with E-state index >= 15 is 0 Å². The van der Waals surface area contributed by atoms with Crippen LogP contribution in [0.25, 0.3) is 0 Å². The number of carbonyl (C=O) groups excluding carboxylic acids is 2. The Morgan fingerprint density at radius 1 is 1.38 bits per heavy atom. The fourth-order valence-corrected chi connectivity index (χ4v) is 2.53. The average Bonchev–Trinajstić information content (AvgIpc) is 2.58. The molecule has 1 aliphatic heterocycles. The van der Waals surface area contributed by atoms with E-state index in [-0.39, 0.29) is 24.2 Å². The van der Waals surface area contributed by atoms with E-state index < -0.39 is 6.04 Å². The van der Waals surface area contributed by atoms with Crippen molar-refractivity contribution in [1.82, 2.24) is 5.32 Å². The van der Waals surface area contributed by atoms with Crippen LogP contribution in [0.5, 0.6) is 5.75 Å². The number of ether oxygens (including phenoxy) is 1. The molecule has 1 heterocycles. The number of hydrogen-bond donors (Lipinski definition) is 1. The second-order valence-corrected chi connectivity index (χ2v) is 5.78.